The molecule has 0 radical (unpaired) electrons. The summed E-state index contributed by atoms with van der Waals surface area (Å²) >= 11 is 5.90. The number of carbonyl (C=O) groups is 1. The number of ether oxygens (including phenoxy) is 1. The first-order valence-corrected chi connectivity index (χ1v) is 9.13. The fourth-order valence-electron chi connectivity index (χ4n) is 3.60. The van der Waals surface area contributed by atoms with Crippen LogP contribution >= 0.6 is 11.6 Å². The second-order valence-electron chi connectivity index (χ2n) is 7.99. The SMILES string of the molecule is CC(C)(C)OC(=O)N1[C@@H]2C[C@@H]2C[C@H]1c1nc(-c2ccc(Cl)cc2)c(F)[nH]1. The fourth-order valence-corrected chi connectivity index (χ4v) is 3.73. The molecule has 0 spiro atoms. The van der Waals surface area contributed by atoms with Gasteiger partial charge in [0.05, 0.1) is 6.04 Å². The minimum Gasteiger partial charge on any atom is -0.444 e. The molecule has 7 heteroatoms. The van der Waals surface area contributed by atoms with E-state index in [9.17, 15) is 9.18 Å². The summed E-state index contributed by atoms with van der Waals surface area (Å²) in [7, 11) is 0. The Labute approximate surface area is 156 Å². The second-order valence-corrected chi connectivity index (χ2v) is 8.43. The van der Waals surface area contributed by atoms with Gasteiger partial charge in [-0.25, -0.2) is 9.78 Å². The van der Waals surface area contributed by atoms with Crippen LogP contribution in [0.25, 0.3) is 11.3 Å². The summed E-state index contributed by atoms with van der Waals surface area (Å²) in [5.41, 5.74) is 0.306. The molecule has 2 aliphatic rings. The number of hydrogen-bond acceptors (Lipinski definition) is 3. The highest BCUT2D eigenvalue weighted by atomic mass is 35.5. The Hall–Kier alpha value is -2.08. The number of H-pyrrole nitrogens is 1. The van der Waals surface area contributed by atoms with Crippen molar-refractivity contribution in [1.82, 2.24) is 14.9 Å². The Kier molecular flexibility index (Phi) is 3.99. The highest BCUT2D eigenvalue weighted by Crippen LogP contribution is 2.53. The van der Waals surface area contributed by atoms with Crippen molar-refractivity contribution in [3.05, 3.63) is 41.1 Å². The molecule has 0 bridgehead atoms. The van der Waals surface area contributed by atoms with Crippen LogP contribution in [0.15, 0.2) is 24.3 Å². The number of piperidine rings is 1. The van der Waals surface area contributed by atoms with Gasteiger partial charge < -0.3 is 9.72 Å². The molecule has 5 nitrogen and oxygen atoms in total. The van der Waals surface area contributed by atoms with Gasteiger partial charge in [-0.05, 0) is 51.7 Å². The van der Waals surface area contributed by atoms with E-state index in [1.807, 2.05) is 20.8 Å². The number of rotatable bonds is 2. The third-order valence-electron chi connectivity index (χ3n) is 4.82. The number of likely N-dealkylation sites (tertiary alicyclic amines) is 1. The summed E-state index contributed by atoms with van der Waals surface area (Å²) in [6.45, 7) is 5.52. The van der Waals surface area contributed by atoms with Crippen molar-refractivity contribution in [3.8, 4) is 11.3 Å². The summed E-state index contributed by atoms with van der Waals surface area (Å²) in [5.74, 6) is 0.400. The number of aromatic amines is 1. The van der Waals surface area contributed by atoms with Crippen molar-refractivity contribution in [3.63, 3.8) is 0 Å². The molecular formula is C19H21ClFN3O2. The highest BCUT2D eigenvalue weighted by Gasteiger charge is 2.56. The molecule has 2 fully saturated rings. The molecule has 2 aromatic rings. The maximum absolute atomic E-state index is 14.5. The lowest BCUT2D eigenvalue weighted by molar-refractivity contribution is 0.0174. The van der Waals surface area contributed by atoms with Crippen molar-refractivity contribution in [1.29, 1.82) is 0 Å². The topological polar surface area (TPSA) is 58.2 Å². The van der Waals surface area contributed by atoms with Crippen LogP contribution in [-0.4, -0.2) is 32.6 Å². The molecule has 26 heavy (non-hydrogen) atoms. The minimum absolute atomic E-state index is 0.169. The number of halogens is 2. The maximum atomic E-state index is 14.5. The number of amides is 1. The van der Waals surface area contributed by atoms with Gasteiger partial charge in [-0.3, -0.25) is 4.90 Å². The number of imidazole rings is 1. The molecule has 4 rings (SSSR count). The quantitative estimate of drug-likeness (QED) is 0.806. The molecule has 0 unspecified atom stereocenters. The Bertz CT molecular complexity index is 843. The van der Waals surface area contributed by atoms with Crippen LogP contribution in [0.5, 0.6) is 0 Å². The van der Waals surface area contributed by atoms with E-state index >= 15 is 0 Å². The Morgan fingerprint density at radius 3 is 2.65 bits per heavy atom. The van der Waals surface area contributed by atoms with Gasteiger partial charge in [0.1, 0.15) is 17.1 Å². The van der Waals surface area contributed by atoms with Gasteiger partial charge in [-0.1, -0.05) is 23.7 Å². The molecular weight excluding hydrogens is 357 g/mol. The molecule has 1 aromatic carbocycles. The van der Waals surface area contributed by atoms with Gasteiger partial charge in [0, 0.05) is 16.6 Å². The first-order valence-electron chi connectivity index (χ1n) is 8.75. The first-order chi connectivity index (χ1) is 12.2. The summed E-state index contributed by atoms with van der Waals surface area (Å²) < 4.78 is 20.0. The number of benzene rings is 1. The first kappa shape index (κ1) is 17.3. The van der Waals surface area contributed by atoms with E-state index < -0.39 is 11.5 Å². The van der Waals surface area contributed by atoms with Gasteiger partial charge in [-0.2, -0.15) is 4.39 Å². The molecule has 1 aromatic heterocycles. The van der Waals surface area contributed by atoms with Crippen LogP contribution in [0.1, 0.15) is 45.5 Å². The number of nitrogens with zero attached hydrogens (tertiary/aromatic N) is 2. The zero-order chi connectivity index (χ0) is 18.6. The zero-order valence-electron chi connectivity index (χ0n) is 14.9. The van der Waals surface area contributed by atoms with Gasteiger partial charge in [-0.15, -0.1) is 0 Å². The van der Waals surface area contributed by atoms with Crippen LogP contribution in [-0.2, 0) is 4.74 Å². The summed E-state index contributed by atoms with van der Waals surface area (Å²) in [6.07, 6.45) is 1.39. The van der Waals surface area contributed by atoms with Gasteiger partial charge in [0.15, 0.2) is 0 Å². The second kappa shape index (κ2) is 5.98. The predicted octanol–water partition coefficient (Wildman–Crippen LogP) is 4.94. The van der Waals surface area contributed by atoms with E-state index in [-0.39, 0.29) is 23.9 Å². The molecule has 3 atom stereocenters. The summed E-state index contributed by atoms with van der Waals surface area (Å²) in [4.78, 5) is 21.5. The van der Waals surface area contributed by atoms with E-state index in [4.69, 9.17) is 16.3 Å². The highest BCUT2D eigenvalue weighted by molar-refractivity contribution is 6.30. The Balaban J connectivity index is 1.62. The van der Waals surface area contributed by atoms with E-state index in [0.29, 0.717) is 22.3 Å². The minimum atomic E-state index is -0.572. The van der Waals surface area contributed by atoms with Gasteiger partial charge in [0.25, 0.3) is 0 Å². The van der Waals surface area contributed by atoms with Crippen molar-refractivity contribution in [2.75, 3.05) is 0 Å². The van der Waals surface area contributed by atoms with Crippen LogP contribution in [0.2, 0.25) is 5.02 Å². The standard InChI is InChI=1S/C19H21ClFN3O2/c1-19(2,3)26-18(25)24-13-8-11(13)9-14(24)17-22-15(16(21)23-17)10-4-6-12(20)7-5-10/h4-7,11,13-14H,8-9H2,1-3H3,(H,22,23)/t11-,13-,14+/m1/s1. The molecule has 2 heterocycles. The van der Waals surface area contributed by atoms with E-state index in [1.165, 1.54) is 0 Å². The number of fused-ring (bicyclic) bond motifs is 1. The molecule has 1 N–H and O–H groups in total. The normalized spacial score (nSPS) is 24.5. The molecule has 1 saturated carbocycles. The molecule has 1 saturated heterocycles. The smallest absolute Gasteiger partial charge is 0.411 e. The van der Waals surface area contributed by atoms with Crippen molar-refractivity contribution < 1.29 is 13.9 Å². The summed E-state index contributed by atoms with van der Waals surface area (Å²) in [5, 5.41) is 0.580. The van der Waals surface area contributed by atoms with Crippen LogP contribution in [0, 0.1) is 11.9 Å². The fraction of sp³-hybridized carbons (Fsp3) is 0.474. The molecule has 1 aliphatic heterocycles. The third kappa shape index (κ3) is 3.18. The van der Waals surface area contributed by atoms with Crippen molar-refractivity contribution >= 4 is 17.7 Å². The van der Waals surface area contributed by atoms with Crippen molar-refractivity contribution in [2.45, 2.75) is 51.3 Å². The predicted molar refractivity (Wildman–Crippen MR) is 96.3 cm³/mol. The van der Waals surface area contributed by atoms with Crippen LogP contribution < -0.4 is 0 Å². The van der Waals surface area contributed by atoms with Gasteiger partial charge in [0.2, 0.25) is 5.95 Å². The average molecular weight is 378 g/mol. The van der Waals surface area contributed by atoms with Crippen LogP contribution in [0.4, 0.5) is 9.18 Å². The third-order valence-corrected chi connectivity index (χ3v) is 5.07. The lowest BCUT2D eigenvalue weighted by Gasteiger charge is -2.29. The summed E-state index contributed by atoms with van der Waals surface area (Å²) in [6, 6.07) is 6.73. The average Bonchev–Trinajstić information content (AvgIpc) is 3.02. The monoisotopic (exact) mass is 377 g/mol. The number of hydrogen-bond donors (Lipinski definition) is 1. The maximum Gasteiger partial charge on any atom is 0.411 e. The van der Waals surface area contributed by atoms with E-state index in [0.717, 1.165) is 12.8 Å². The van der Waals surface area contributed by atoms with E-state index in [2.05, 4.69) is 9.97 Å². The lowest BCUT2D eigenvalue weighted by atomic mass is 10.1. The number of carbonyl (C=O) groups excluding carboxylic acids is 1. The molecule has 1 aliphatic carbocycles. The number of aromatic nitrogens is 2. The largest absolute Gasteiger partial charge is 0.444 e. The zero-order valence-corrected chi connectivity index (χ0v) is 15.7. The van der Waals surface area contributed by atoms with Crippen LogP contribution in [0.3, 0.4) is 0 Å². The molecule has 1 amide bonds. The molecule has 138 valence electrons. The lowest BCUT2D eigenvalue weighted by Crippen LogP contribution is -2.38. The Morgan fingerprint density at radius 2 is 2.00 bits per heavy atom. The Morgan fingerprint density at radius 1 is 1.31 bits per heavy atom. The van der Waals surface area contributed by atoms with Crippen molar-refractivity contribution in [2.24, 2.45) is 5.92 Å². The van der Waals surface area contributed by atoms with Gasteiger partial charge >= 0.3 is 6.09 Å². The van der Waals surface area contributed by atoms with E-state index in [1.54, 1.807) is 29.2 Å². The number of nitrogens with one attached hydrogen (secondary N) is 1.